The lowest BCUT2D eigenvalue weighted by Gasteiger charge is -2.26. The number of aryl methyl sites for hydroxylation is 1. The molecule has 0 N–H and O–H groups in total. The molecule has 1 aliphatic heterocycles. The first-order valence-electron chi connectivity index (χ1n) is 9.46. The van der Waals surface area contributed by atoms with Crippen LogP contribution in [0.2, 0.25) is 0 Å². The van der Waals surface area contributed by atoms with Crippen molar-refractivity contribution in [2.24, 2.45) is 4.99 Å². The van der Waals surface area contributed by atoms with Crippen molar-refractivity contribution in [1.29, 1.82) is 0 Å². The molecular weight excluding hydrogens is 429 g/mol. The van der Waals surface area contributed by atoms with Crippen LogP contribution in [-0.2, 0) is 21.3 Å². The number of sulfonamides is 1. The largest absolute Gasteiger partial charge is 0.379 e. The van der Waals surface area contributed by atoms with Gasteiger partial charge in [0.25, 0.3) is 5.91 Å². The summed E-state index contributed by atoms with van der Waals surface area (Å²) in [6.07, 6.45) is 0. The van der Waals surface area contributed by atoms with Gasteiger partial charge in [0.1, 0.15) is 5.82 Å². The lowest BCUT2D eigenvalue weighted by Crippen LogP contribution is -2.40. The lowest BCUT2D eigenvalue weighted by molar-refractivity contribution is 0.0730. The molecule has 0 unspecified atom stereocenters. The first-order valence-corrected chi connectivity index (χ1v) is 11.7. The molecule has 2 heterocycles. The van der Waals surface area contributed by atoms with Crippen molar-refractivity contribution in [3.63, 3.8) is 0 Å². The third-order valence-corrected chi connectivity index (χ3v) is 7.83. The molecule has 0 spiro atoms. The normalized spacial score (nSPS) is 16.3. The van der Waals surface area contributed by atoms with Crippen LogP contribution in [0.3, 0.4) is 0 Å². The van der Waals surface area contributed by atoms with Gasteiger partial charge in [0.15, 0.2) is 4.80 Å². The molecule has 2 aromatic carbocycles. The van der Waals surface area contributed by atoms with E-state index < -0.39 is 15.9 Å². The van der Waals surface area contributed by atoms with E-state index in [1.807, 2.05) is 6.92 Å². The van der Waals surface area contributed by atoms with Gasteiger partial charge in [-0.15, -0.1) is 0 Å². The Morgan fingerprint density at radius 1 is 1.17 bits per heavy atom. The van der Waals surface area contributed by atoms with Gasteiger partial charge in [-0.05, 0) is 43.3 Å². The summed E-state index contributed by atoms with van der Waals surface area (Å²) in [5.74, 6) is -0.878. The van der Waals surface area contributed by atoms with Gasteiger partial charge < -0.3 is 9.30 Å². The highest BCUT2D eigenvalue weighted by Gasteiger charge is 2.26. The monoisotopic (exact) mass is 449 g/mol. The quantitative estimate of drug-likeness (QED) is 0.613. The number of ether oxygens (including phenoxy) is 1. The minimum Gasteiger partial charge on any atom is -0.379 e. The number of morpholine rings is 1. The standard InChI is InChI=1S/C20H20FN3O4S2/c1-2-24-18-16(21)4-3-5-17(18)29-20(24)22-19(25)14-6-8-15(9-7-14)30(26,27)23-10-12-28-13-11-23/h3-9H,2,10-13H2,1H3. The number of halogens is 1. The number of fused-ring (bicyclic) bond motifs is 1. The summed E-state index contributed by atoms with van der Waals surface area (Å²) < 4.78 is 48.5. The van der Waals surface area contributed by atoms with E-state index in [0.29, 0.717) is 47.9 Å². The Kier molecular flexibility index (Phi) is 5.83. The van der Waals surface area contributed by atoms with Crippen LogP contribution >= 0.6 is 11.3 Å². The van der Waals surface area contributed by atoms with Gasteiger partial charge in [0, 0.05) is 25.2 Å². The molecule has 0 saturated carbocycles. The fourth-order valence-electron chi connectivity index (χ4n) is 3.32. The number of amides is 1. The van der Waals surface area contributed by atoms with Gasteiger partial charge in [-0.2, -0.15) is 9.30 Å². The maximum Gasteiger partial charge on any atom is 0.279 e. The van der Waals surface area contributed by atoms with E-state index in [1.54, 1.807) is 16.7 Å². The molecule has 1 fully saturated rings. The SMILES string of the molecule is CCn1c(=NC(=O)c2ccc(S(=O)(=O)N3CCOCC3)cc2)sc2cccc(F)c21. The van der Waals surface area contributed by atoms with Crippen LogP contribution in [0.4, 0.5) is 4.39 Å². The predicted octanol–water partition coefficient (Wildman–Crippen LogP) is 2.62. The molecule has 1 aliphatic rings. The molecule has 3 aromatic rings. The van der Waals surface area contributed by atoms with Crippen LogP contribution in [0.25, 0.3) is 10.2 Å². The smallest absolute Gasteiger partial charge is 0.279 e. The number of rotatable bonds is 4. The molecule has 158 valence electrons. The maximum absolute atomic E-state index is 14.2. The van der Waals surface area contributed by atoms with Crippen LogP contribution in [0.1, 0.15) is 17.3 Å². The second kappa shape index (κ2) is 8.38. The maximum atomic E-state index is 14.2. The Morgan fingerprint density at radius 3 is 2.53 bits per heavy atom. The first kappa shape index (κ1) is 20.9. The highest BCUT2D eigenvalue weighted by Crippen LogP contribution is 2.21. The molecule has 7 nitrogen and oxygen atoms in total. The second-order valence-corrected chi connectivity index (χ2v) is 9.62. The fraction of sp³-hybridized carbons (Fsp3) is 0.300. The van der Waals surface area contributed by atoms with Gasteiger partial charge in [-0.1, -0.05) is 17.4 Å². The van der Waals surface area contributed by atoms with Gasteiger partial charge in [0.05, 0.1) is 28.3 Å². The number of aromatic nitrogens is 1. The number of hydrogen-bond donors (Lipinski definition) is 0. The Hall–Kier alpha value is -2.40. The molecule has 1 aromatic heterocycles. The average molecular weight is 450 g/mol. The molecule has 30 heavy (non-hydrogen) atoms. The van der Waals surface area contributed by atoms with Gasteiger partial charge in [-0.3, -0.25) is 4.79 Å². The summed E-state index contributed by atoms with van der Waals surface area (Å²) in [7, 11) is -3.63. The van der Waals surface area contributed by atoms with E-state index in [9.17, 15) is 17.6 Å². The molecule has 0 radical (unpaired) electrons. The molecule has 0 bridgehead atoms. The minimum absolute atomic E-state index is 0.119. The summed E-state index contributed by atoms with van der Waals surface area (Å²) in [6, 6.07) is 10.5. The Bertz CT molecular complexity index is 1260. The van der Waals surface area contributed by atoms with E-state index in [2.05, 4.69) is 4.99 Å². The van der Waals surface area contributed by atoms with E-state index >= 15 is 0 Å². The predicted molar refractivity (Wildman–Crippen MR) is 111 cm³/mol. The van der Waals surface area contributed by atoms with Crippen LogP contribution < -0.4 is 4.80 Å². The molecular formula is C20H20FN3O4S2. The van der Waals surface area contributed by atoms with Crippen molar-refractivity contribution in [3.8, 4) is 0 Å². The van der Waals surface area contributed by atoms with Crippen molar-refractivity contribution in [3.05, 3.63) is 58.6 Å². The van der Waals surface area contributed by atoms with Gasteiger partial charge >= 0.3 is 0 Å². The van der Waals surface area contributed by atoms with E-state index in [4.69, 9.17) is 4.74 Å². The Labute approximate surface area is 177 Å². The Balaban J connectivity index is 1.65. The topological polar surface area (TPSA) is 81.0 Å². The number of carbonyl (C=O) groups excluding carboxylic acids is 1. The van der Waals surface area contributed by atoms with E-state index in [0.717, 1.165) is 0 Å². The number of hydrogen-bond acceptors (Lipinski definition) is 5. The van der Waals surface area contributed by atoms with Crippen molar-refractivity contribution in [2.75, 3.05) is 26.3 Å². The van der Waals surface area contributed by atoms with Crippen molar-refractivity contribution in [2.45, 2.75) is 18.4 Å². The molecule has 1 amide bonds. The summed E-state index contributed by atoms with van der Waals surface area (Å²) in [5, 5.41) is 0. The molecule has 0 aliphatic carbocycles. The third-order valence-electron chi connectivity index (χ3n) is 4.87. The van der Waals surface area contributed by atoms with Crippen LogP contribution in [0, 0.1) is 5.82 Å². The van der Waals surface area contributed by atoms with E-state index in [-0.39, 0.29) is 16.3 Å². The van der Waals surface area contributed by atoms with Gasteiger partial charge in [-0.25, -0.2) is 12.8 Å². The van der Waals surface area contributed by atoms with Crippen molar-refractivity contribution >= 4 is 37.5 Å². The fourth-order valence-corrected chi connectivity index (χ4v) is 5.84. The molecule has 0 atom stereocenters. The zero-order chi connectivity index (χ0) is 21.3. The number of nitrogens with zero attached hydrogens (tertiary/aromatic N) is 3. The second-order valence-electron chi connectivity index (χ2n) is 6.67. The first-order chi connectivity index (χ1) is 14.4. The number of para-hydroxylation sites is 1. The summed E-state index contributed by atoms with van der Waals surface area (Å²) in [6.45, 7) is 3.65. The highest BCUT2D eigenvalue weighted by atomic mass is 32.2. The number of benzene rings is 2. The summed E-state index contributed by atoms with van der Waals surface area (Å²) in [5.41, 5.74) is 0.681. The van der Waals surface area contributed by atoms with Crippen LogP contribution in [0.15, 0.2) is 52.4 Å². The molecule has 1 saturated heterocycles. The minimum atomic E-state index is -3.63. The third kappa shape index (κ3) is 3.83. The number of thiazole rings is 1. The number of carbonyl (C=O) groups is 1. The zero-order valence-electron chi connectivity index (χ0n) is 16.2. The van der Waals surface area contributed by atoms with Crippen LogP contribution in [0.5, 0.6) is 0 Å². The summed E-state index contributed by atoms with van der Waals surface area (Å²) in [4.78, 5) is 17.3. The summed E-state index contributed by atoms with van der Waals surface area (Å²) >= 11 is 1.23. The molecule has 10 heteroatoms. The van der Waals surface area contributed by atoms with Crippen molar-refractivity contribution < 1.29 is 22.3 Å². The van der Waals surface area contributed by atoms with Crippen LogP contribution in [-0.4, -0.2) is 49.5 Å². The highest BCUT2D eigenvalue weighted by molar-refractivity contribution is 7.89. The average Bonchev–Trinajstić information content (AvgIpc) is 3.12. The molecule has 4 rings (SSSR count). The van der Waals surface area contributed by atoms with Crippen molar-refractivity contribution in [1.82, 2.24) is 8.87 Å². The zero-order valence-corrected chi connectivity index (χ0v) is 17.9. The lowest BCUT2D eigenvalue weighted by atomic mass is 10.2. The van der Waals surface area contributed by atoms with Gasteiger partial charge in [0.2, 0.25) is 10.0 Å². The Morgan fingerprint density at radius 2 is 1.87 bits per heavy atom. The van der Waals surface area contributed by atoms with E-state index in [1.165, 1.54) is 46.0 Å².